The predicted octanol–water partition coefficient (Wildman–Crippen LogP) is 2.95. The van der Waals surface area contributed by atoms with Crippen LogP contribution in [0.3, 0.4) is 0 Å². The van der Waals surface area contributed by atoms with Crippen molar-refractivity contribution in [2.45, 2.75) is 62.9 Å². The molecule has 28 heavy (non-hydrogen) atoms. The number of hydrogen-bond acceptors (Lipinski definition) is 6. The Morgan fingerprint density at radius 1 is 1.18 bits per heavy atom. The fourth-order valence-electron chi connectivity index (χ4n) is 4.26. The van der Waals surface area contributed by atoms with Crippen molar-refractivity contribution in [1.29, 1.82) is 0 Å². The number of nitrogens with one attached hydrogen (secondary N) is 1. The maximum absolute atomic E-state index is 9.85. The molecule has 1 aliphatic carbocycles. The average Bonchev–Trinajstić information content (AvgIpc) is 3.38. The fraction of sp³-hybridized carbons (Fsp3) is 0.600. The van der Waals surface area contributed by atoms with Gasteiger partial charge in [-0.25, -0.2) is 4.98 Å². The van der Waals surface area contributed by atoms with Gasteiger partial charge in [0.15, 0.2) is 11.8 Å². The Bertz CT molecular complexity index is 899. The second-order valence-corrected chi connectivity index (χ2v) is 8.16. The zero-order valence-electron chi connectivity index (χ0n) is 15.6. The second-order valence-electron chi connectivity index (χ2n) is 7.76. The van der Waals surface area contributed by atoms with Gasteiger partial charge < -0.3 is 24.3 Å². The van der Waals surface area contributed by atoms with E-state index in [0.29, 0.717) is 23.3 Å². The third-order valence-electron chi connectivity index (χ3n) is 5.79. The van der Waals surface area contributed by atoms with E-state index in [1.54, 1.807) is 0 Å². The quantitative estimate of drug-likeness (QED) is 0.743. The Morgan fingerprint density at radius 3 is 2.93 bits per heavy atom. The van der Waals surface area contributed by atoms with Gasteiger partial charge in [0.1, 0.15) is 18.3 Å². The number of aromatic amines is 1. The van der Waals surface area contributed by atoms with E-state index >= 15 is 0 Å². The first-order chi connectivity index (χ1) is 13.7. The van der Waals surface area contributed by atoms with E-state index in [4.69, 9.17) is 25.8 Å². The van der Waals surface area contributed by atoms with Crippen LogP contribution in [-0.4, -0.2) is 57.7 Å². The summed E-state index contributed by atoms with van der Waals surface area (Å²) in [7, 11) is 0. The number of fused-ring (bicyclic) bond motifs is 2. The van der Waals surface area contributed by atoms with Crippen molar-refractivity contribution in [3.05, 3.63) is 28.4 Å². The highest BCUT2D eigenvalue weighted by atomic mass is 35.5. The Morgan fingerprint density at radius 2 is 2.07 bits per heavy atom. The number of rotatable bonds is 5. The number of aliphatic hydroxyl groups is 1. The number of aromatic nitrogens is 3. The van der Waals surface area contributed by atoms with Crippen LogP contribution in [0, 0.1) is 0 Å². The first-order valence-electron chi connectivity index (χ1n) is 9.98. The number of aliphatic hydroxyl groups excluding tert-OH is 1. The lowest BCUT2D eigenvalue weighted by Crippen LogP contribution is -2.34. The Hall–Kier alpha value is -1.67. The largest absolute Gasteiger partial charge is 0.456 e. The molecule has 2 N–H and O–H groups in total. The maximum atomic E-state index is 9.85. The minimum absolute atomic E-state index is 0.270. The van der Waals surface area contributed by atoms with Crippen LogP contribution in [0.5, 0.6) is 6.01 Å². The molecule has 4 atom stereocenters. The molecule has 0 spiro atoms. The number of imidazole rings is 1. The van der Waals surface area contributed by atoms with Crippen LogP contribution in [-0.2, 0) is 15.9 Å². The molecule has 0 unspecified atom stereocenters. The highest BCUT2D eigenvalue weighted by Gasteiger charge is 2.48. The lowest BCUT2D eigenvalue weighted by Gasteiger charge is -2.15. The smallest absolute Gasteiger partial charge is 0.296 e. The van der Waals surface area contributed by atoms with E-state index in [9.17, 15) is 5.11 Å². The normalized spacial score (nSPS) is 29.9. The monoisotopic (exact) mass is 405 g/mol. The van der Waals surface area contributed by atoms with E-state index in [-0.39, 0.29) is 24.9 Å². The van der Waals surface area contributed by atoms with Crippen LogP contribution in [0.15, 0.2) is 17.7 Å². The highest BCUT2D eigenvalue weighted by molar-refractivity contribution is 6.31. The van der Waals surface area contributed by atoms with Crippen LogP contribution in [0.25, 0.3) is 11.2 Å². The Labute approximate surface area is 168 Å². The van der Waals surface area contributed by atoms with Crippen molar-refractivity contribution in [3.63, 3.8) is 0 Å². The van der Waals surface area contributed by atoms with Gasteiger partial charge in [0.25, 0.3) is 6.01 Å². The molecule has 4 heterocycles. The molecular weight excluding hydrogens is 382 g/mol. The van der Waals surface area contributed by atoms with Crippen molar-refractivity contribution in [2.75, 3.05) is 13.2 Å². The number of pyridine rings is 1. The summed E-state index contributed by atoms with van der Waals surface area (Å²) in [4.78, 5) is 12.2. The van der Waals surface area contributed by atoms with Crippen LogP contribution in [0.2, 0.25) is 5.02 Å². The van der Waals surface area contributed by atoms with E-state index < -0.39 is 6.10 Å². The number of aryl methyl sites for hydroxylation is 1. The zero-order chi connectivity index (χ0) is 19.1. The van der Waals surface area contributed by atoms with Crippen LogP contribution < -0.4 is 4.74 Å². The van der Waals surface area contributed by atoms with Crippen molar-refractivity contribution in [2.24, 2.45) is 0 Å². The number of ether oxygens (including phenoxy) is 3. The molecule has 2 saturated heterocycles. The summed E-state index contributed by atoms with van der Waals surface area (Å²) in [6.45, 7) is 0.629. The molecule has 8 heteroatoms. The SMILES string of the molecule is O[C@@H]1CO[C@H]2[C@@H]1OC[C@H]2Oc1nc2nc(CCC3=CCCCC3)c(Cl)cc2[nH]1. The summed E-state index contributed by atoms with van der Waals surface area (Å²) in [5.74, 6) is 0. The lowest BCUT2D eigenvalue weighted by molar-refractivity contribution is 0.00706. The van der Waals surface area contributed by atoms with E-state index in [1.807, 2.05) is 6.07 Å². The summed E-state index contributed by atoms with van der Waals surface area (Å²) in [5.41, 5.74) is 3.70. The molecule has 2 aromatic rings. The van der Waals surface area contributed by atoms with Gasteiger partial charge in [0, 0.05) is 0 Å². The van der Waals surface area contributed by atoms with Gasteiger partial charge in [-0.05, 0) is 44.6 Å². The summed E-state index contributed by atoms with van der Waals surface area (Å²) >= 11 is 6.45. The topological polar surface area (TPSA) is 89.5 Å². The van der Waals surface area contributed by atoms with Gasteiger partial charge in [-0.3, -0.25) is 0 Å². The van der Waals surface area contributed by atoms with Crippen molar-refractivity contribution in [1.82, 2.24) is 15.0 Å². The lowest BCUT2D eigenvalue weighted by atomic mass is 9.95. The minimum atomic E-state index is -0.600. The molecule has 7 nitrogen and oxygen atoms in total. The Kier molecular flexibility index (Phi) is 5.00. The predicted molar refractivity (Wildman–Crippen MR) is 104 cm³/mol. The molecule has 0 saturated carbocycles. The van der Waals surface area contributed by atoms with E-state index in [2.05, 4.69) is 21.0 Å². The molecule has 0 bridgehead atoms. The van der Waals surface area contributed by atoms with Gasteiger partial charge in [-0.15, -0.1) is 0 Å². The van der Waals surface area contributed by atoms with Crippen LogP contribution in [0.1, 0.15) is 37.8 Å². The second kappa shape index (κ2) is 7.63. The van der Waals surface area contributed by atoms with Gasteiger partial charge in [0.2, 0.25) is 0 Å². The summed E-state index contributed by atoms with van der Waals surface area (Å²) in [5, 5.41) is 10.5. The molecule has 0 amide bonds. The number of allylic oxidation sites excluding steroid dienone is 2. The molecule has 2 aromatic heterocycles. The molecule has 150 valence electrons. The fourth-order valence-corrected chi connectivity index (χ4v) is 4.51. The third kappa shape index (κ3) is 3.52. The highest BCUT2D eigenvalue weighted by Crippen LogP contribution is 2.30. The van der Waals surface area contributed by atoms with Gasteiger partial charge in [-0.2, -0.15) is 4.98 Å². The van der Waals surface area contributed by atoms with E-state index in [0.717, 1.165) is 24.1 Å². The van der Waals surface area contributed by atoms with Crippen LogP contribution >= 0.6 is 11.6 Å². The van der Waals surface area contributed by atoms with Gasteiger partial charge >= 0.3 is 0 Å². The summed E-state index contributed by atoms with van der Waals surface area (Å²) < 4.78 is 17.1. The average molecular weight is 406 g/mol. The van der Waals surface area contributed by atoms with Crippen molar-refractivity contribution < 1.29 is 19.3 Å². The zero-order valence-corrected chi connectivity index (χ0v) is 16.3. The molecule has 0 aromatic carbocycles. The minimum Gasteiger partial charge on any atom is -0.456 e. The molecule has 3 aliphatic rings. The number of hydrogen-bond donors (Lipinski definition) is 2. The van der Waals surface area contributed by atoms with Crippen molar-refractivity contribution >= 4 is 22.8 Å². The maximum Gasteiger partial charge on any atom is 0.296 e. The Balaban J connectivity index is 1.30. The summed E-state index contributed by atoms with van der Waals surface area (Å²) in [6, 6.07) is 2.22. The standard InChI is InChI=1S/C20H24ClN3O4/c21-12-8-14-19(22-13(12)7-6-11-4-2-1-3-5-11)24-20(23-14)28-16-10-27-17-15(25)9-26-18(16)17/h4,8,15-18,25H,1-3,5-7,9-10H2,(H,22,23,24)/t15-,16-,17-,18-/m1/s1. The first kappa shape index (κ1) is 18.4. The molecular formula is C20H24ClN3O4. The van der Waals surface area contributed by atoms with E-state index in [1.165, 1.54) is 31.3 Å². The first-order valence-corrected chi connectivity index (χ1v) is 10.4. The summed E-state index contributed by atoms with van der Waals surface area (Å²) in [6.07, 6.45) is 7.58. The third-order valence-corrected chi connectivity index (χ3v) is 6.12. The van der Waals surface area contributed by atoms with Gasteiger partial charge in [-0.1, -0.05) is 23.3 Å². The molecule has 2 aliphatic heterocycles. The molecule has 0 radical (unpaired) electrons. The number of nitrogens with zero attached hydrogens (tertiary/aromatic N) is 2. The number of H-pyrrole nitrogens is 1. The number of halogens is 1. The van der Waals surface area contributed by atoms with Crippen molar-refractivity contribution in [3.8, 4) is 6.01 Å². The van der Waals surface area contributed by atoms with Crippen LogP contribution in [0.4, 0.5) is 0 Å². The van der Waals surface area contributed by atoms with Gasteiger partial charge in [0.05, 0.1) is 29.4 Å². The molecule has 5 rings (SSSR count). The molecule has 2 fully saturated rings.